The van der Waals surface area contributed by atoms with Crippen LogP contribution in [0.5, 0.6) is 0 Å². The summed E-state index contributed by atoms with van der Waals surface area (Å²) in [4.78, 5) is 0. The molecule has 2 heteroatoms. The molecule has 0 saturated heterocycles. The van der Waals surface area contributed by atoms with Crippen LogP contribution in [0.3, 0.4) is 0 Å². The highest BCUT2D eigenvalue weighted by atomic mass is 16.5. The molecule has 2 rings (SSSR count). The van der Waals surface area contributed by atoms with Crippen LogP contribution < -0.4 is 5.32 Å². The van der Waals surface area contributed by atoms with Crippen molar-refractivity contribution < 1.29 is 4.74 Å². The number of rotatable bonds is 9. The summed E-state index contributed by atoms with van der Waals surface area (Å²) in [5.41, 5.74) is 0. The van der Waals surface area contributed by atoms with Crippen LogP contribution in [0.25, 0.3) is 0 Å². The number of nitrogens with one attached hydrogen (secondary N) is 1. The van der Waals surface area contributed by atoms with Crippen LogP contribution in [0.15, 0.2) is 0 Å². The highest BCUT2D eigenvalue weighted by Crippen LogP contribution is 2.20. The third kappa shape index (κ3) is 6.42. The summed E-state index contributed by atoms with van der Waals surface area (Å²) in [5.74, 6) is 0. The van der Waals surface area contributed by atoms with Crippen molar-refractivity contribution in [1.29, 1.82) is 0 Å². The molecule has 2 saturated carbocycles. The molecule has 0 spiro atoms. The summed E-state index contributed by atoms with van der Waals surface area (Å²) < 4.78 is 5.92. The molecular weight excluding hydrogens is 210 g/mol. The van der Waals surface area contributed by atoms with Gasteiger partial charge in [-0.05, 0) is 45.1 Å². The van der Waals surface area contributed by atoms with E-state index in [9.17, 15) is 0 Å². The third-order valence-corrected chi connectivity index (χ3v) is 3.99. The molecule has 0 aromatic carbocycles. The van der Waals surface area contributed by atoms with Crippen molar-refractivity contribution >= 4 is 0 Å². The molecule has 100 valence electrons. The standard InChI is InChI=1S/C15H29NO/c1(6-12-16-14-10-11-14)2-7-13-17-15-8-4-3-5-9-15/h14-16H,1-13H2. The Morgan fingerprint density at radius 2 is 1.59 bits per heavy atom. The number of hydrogen-bond acceptors (Lipinski definition) is 2. The zero-order chi connectivity index (χ0) is 11.8. The maximum absolute atomic E-state index is 5.92. The number of ether oxygens (including phenoxy) is 1. The quantitative estimate of drug-likeness (QED) is 0.620. The Bertz CT molecular complexity index is 185. The van der Waals surface area contributed by atoms with Gasteiger partial charge in [-0.15, -0.1) is 0 Å². The molecule has 0 unspecified atom stereocenters. The maximum Gasteiger partial charge on any atom is 0.0575 e. The van der Waals surface area contributed by atoms with Crippen LogP contribution in [0.1, 0.15) is 70.6 Å². The zero-order valence-electron chi connectivity index (χ0n) is 11.3. The molecule has 2 aliphatic rings. The molecule has 0 aromatic heterocycles. The Morgan fingerprint density at radius 3 is 2.35 bits per heavy atom. The maximum atomic E-state index is 5.92. The zero-order valence-corrected chi connectivity index (χ0v) is 11.3. The molecule has 0 heterocycles. The first-order chi connectivity index (χ1) is 8.45. The van der Waals surface area contributed by atoms with Gasteiger partial charge in [0.25, 0.3) is 0 Å². The fourth-order valence-electron chi connectivity index (χ4n) is 2.66. The predicted molar refractivity (Wildman–Crippen MR) is 72.3 cm³/mol. The van der Waals surface area contributed by atoms with Crippen molar-refractivity contribution in [2.45, 2.75) is 82.8 Å². The van der Waals surface area contributed by atoms with E-state index in [-0.39, 0.29) is 0 Å². The van der Waals surface area contributed by atoms with Crippen molar-refractivity contribution in [3.8, 4) is 0 Å². The molecule has 2 nitrogen and oxygen atoms in total. The minimum atomic E-state index is 0.597. The number of hydrogen-bond donors (Lipinski definition) is 1. The lowest BCUT2D eigenvalue weighted by Gasteiger charge is -2.21. The largest absolute Gasteiger partial charge is 0.378 e. The molecule has 0 aromatic rings. The van der Waals surface area contributed by atoms with Crippen LogP contribution in [-0.2, 0) is 4.74 Å². The number of unbranched alkanes of at least 4 members (excludes halogenated alkanes) is 3. The molecular formula is C15H29NO. The first-order valence-corrected chi connectivity index (χ1v) is 7.80. The topological polar surface area (TPSA) is 21.3 Å². The fraction of sp³-hybridized carbons (Fsp3) is 1.00. The smallest absolute Gasteiger partial charge is 0.0575 e. The SMILES string of the molecule is C(CCCOC1CCCCC1)CCNC1CC1. The van der Waals surface area contributed by atoms with Crippen molar-refractivity contribution in [2.75, 3.05) is 13.2 Å². The van der Waals surface area contributed by atoms with Gasteiger partial charge >= 0.3 is 0 Å². The molecule has 0 aliphatic heterocycles. The lowest BCUT2D eigenvalue weighted by atomic mass is 9.98. The fourth-order valence-corrected chi connectivity index (χ4v) is 2.66. The van der Waals surface area contributed by atoms with Crippen LogP contribution in [0.4, 0.5) is 0 Å². The lowest BCUT2D eigenvalue weighted by molar-refractivity contribution is 0.0263. The van der Waals surface area contributed by atoms with E-state index < -0.39 is 0 Å². The summed E-state index contributed by atoms with van der Waals surface area (Å²) in [5, 5.41) is 3.57. The van der Waals surface area contributed by atoms with Crippen LogP contribution in [0.2, 0.25) is 0 Å². The second-order valence-corrected chi connectivity index (χ2v) is 5.77. The Kier molecular flexibility index (Phi) is 6.36. The molecule has 0 amide bonds. The molecule has 0 radical (unpaired) electrons. The van der Waals surface area contributed by atoms with Crippen LogP contribution in [-0.4, -0.2) is 25.3 Å². The highest BCUT2D eigenvalue weighted by Gasteiger charge is 2.19. The Labute approximate surface area is 107 Å². The summed E-state index contributed by atoms with van der Waals surface area (Å²) in [6.07, 6.45) is 15.6. The van der Waals surface area contributed by atoms with Crippen molar-refractivity contribution in [3.05, 3.63) is 0 Å². The molecule has 0 atom stereocenters. The van der Waals surface area contributed by atoms with Crippen molar-refractivity contribution in [3.63, 3.8) is 0 Å². The van der Waals surface area contributed by atoms with Gasteiger partial charge in [0.2, 0.25) is 0 Å². The second kappa shape index (κ2) is 8.10. The van der Waals surface area contributed by atoms with Gasteiger partial charge in [0, 0.05) is 12.6 Å². The molecule has 1 N–H and O–H groups in total. The van der Waals surface area contributed by atoms with Gasteiger partial charge < -0.3 is 10.1 Å². The first kappa shape index (κ1) is 13.4. The molecule has 17 heavy (non-hydrogen) atoms. The summed E-state index contributed by atoms with van der Waals surface area (Å²) in [7, 11) is 0. The molecule has 2 fully saturated rings. The minimum Gasteiger partial charge on any atom is -0.378 e. The van der Waals surface area contributed by atoms with E-state index in [1.807, 2.05) is 0 Å². The minimum absolute atomic E-state index is 0.597. The lowest BCUT2D eigenvalue weighted by Crippen LogP contribution is -2.18. The summed E-state index contributed by atoms with van der Waals surface area (Å²) >= 11 is 0. The van der Waals surface area contributed by atoms with Gasteiger partial charge in [-0.2, -0.15) is 0 Å². The Balaban J connectivity index is 1.31. The molecule has 2 aliphatic carbocycles. The first-order valence-electron chi connectivity index (χ1n) is 7.80. The van der Waals surface area contributed by atoms with E-state index in [1.165, 1.54) is 77.2 Å². The normalized spacial score (nSPS) is 21.9. The van der Waals surface area contributed by atoms with Crippen molar-refractivity contribution in [2.24, 2.45) is 0 Å². The summed E-state index contributed by atoms with van der Waals surface area (Å²) in [6.45, 7) is 2.23. The van der Waals surface area contributed by atoms with E-state index >= 15 is 0 Å². The average molecular weight is 239 g/mol. The monoisotopic (exact) mass is 239 g/mol. The third-order valence-electron chi connectivity index (χ3n) is 3.99. The van der Waals surface area contributed by atoms with Crippen LogP contribution in [0, 0.1) is 0 Å². The van der Waals surface area contributed by atoms with Gasteiger partial charge in [-0.3, -0.25) is 0 Å². The van der Waals surface area contributed by atoms with E-state index in [4.69, 9.17) is 4.74 Å². The van der Waals surface area contributed by atoms with Gasteiger partial charge in [0.05, 0.1) is 6.10 Å². The van der Waals surface area contributed by atoms with Crippen molar-refractivity contribution in [1.82, 2.24) is 5.32 Å². The highest BCUT2D eigenvalue weighted by molar-refractivity contribution is 4.80. The van der Waals surface area contributed by atoms with Gasteiger partial charge in [-0.1, -0.05) is 32.1 Å². The van der Waals surface area contributed by atoms with Gasteiger partial charge in [-0.25, -0.2) is 0 Å². The van der Waals surface area contributed by atoms with E-state index in [0.717, 1.165) is 12.6 Å². The van der Waals surface area contributed by atoms with Crippen LogP contribution >= 0.6 is 0 Å². The van der Waals surface area contributed by atoms with E-state index in [2.05, 4.69) is 5.32 Å². The second-order valence-electron chi connectivity index (χ2n) is 5.77. The Morgan fingerprint density at radius 1 is 0.824 bits per heavy atom. The van der Waals surface area contributed by atoms with E-state index in [1.54, 1.807) is 0 Å². The van der Waals surface area contributed by atoms with E-state index in [0.29, 0.717) is 6.10 Å². The van der Waals surface area contributed by atoms with Gasteiger partial charge in [0.15, 0.2) is 0 Å². The molecule has 0 bridgehead atoms. The van der Waals surface area contributed by atoms with Gasteiger partial charge in [0.1, 0.15) is 0 Å². The average Bonchev–Trinajstić information content (AvgIpc) is 3.18. The Hall–Kier alpha value is -0.0800. The predicted octanol–water partition coefficient (Wildman–Crippen LogP) is 3.65. The summed E-state index contributed by atoms with van der Waals surface area (Å²) in [6, 6.07) is 0.879.